The summed E-state index contributed by atoms with van der Waals surface area (Å²) in [5.41, 5.74) is 0.915. The zero-order valence-corrected chi connectivity index (χ0v) is 13.4. The van der Waals surface area contributed by atoms with Gasteiger partial charge >= 0.3 is 0 Å². The summed E-state index contributed by atoms with van der Waals surface area (Å²) in [4.78, 5) is 0.310. The van der Waals surface area contributed by atoms with Gasteiger partial charge in [-0.25, -0.2) is 13.1 Å². The zero-order chi connectivity index (χ0) is 14.9. The van der Waals surface area contributed by atoms with E-state index in [1.165, 1.54) is 0 Å². The van der Waals surface area contributed by atoms with Crippen molar-refractivity contribution in [3.8, 4) is 0 Å². The van der Waals surface area contributed by atoms with E-state index in [1.54, 1.807) is 24.3 Å². The van der Waals surface area contributed by atoms with Crippen LogP contribution in [0.15, 0.2) is 29.2 Å². The first-order valence-electron chi connectivity index (χ1n) is 7.27. The number of hydrogen-bond acceptors (Lipinski definition) is 4. The topological polar surface area (TPSA) is 75.3 Å². The lowest BCUT2D eigenvalue weighted by Gasteiger charge is -2.23. The number of benzene rings is 1. The van der Waals surface area contributed by atoms with Crippen LogP contribution in [0, 0.1) is 0 Å². The Balaban J connectivity index is 1.62. The van der Waals surface area contributed by atoms with Crippen LogP contribution in [-0.4, -0.2) is 36.2 Å². The first-order valence-corrected chi connectivity index (χ1v) is 10.2. The molecule has 1 aromatic rings. The zero-order valence-electron chi connectivity index (χ0n) is 11.7. The minimum Gasteiger partial charge on any atom is -0.382 e. The third kappa shape index (κ3) is 4.05. The number of hydrogen-bond donors (Lipinski definition) is 2. The molecule has 2 aliphatic rings. The lowest BCUT2D eigenvalue weighted by Crippen LogP contribution is -2.29. The fourth-order valence-electron chi connectivity index (χ4n) is 2.39. The summed E-state index contributed by atoms with van der Waals surface area (Å²) in [6, 6.07) is 7.31. The van der Waals surface area contributed by atoms with Crippen LogP contribution in [0.25, 0.3) is 0 Å². The van der Waals surface area contributed by atoms with Crippen molar-refractivity contribution in [2.75, 3.05) is 16.8 Å². The number of anilines is 1. The van der Waals surface area contributed by atoms with Crippen molar-refractivity contribution in [3.63, 3.8) is 0 Å². The van der Waals surface area contributed by atoms with Gasteiger partial charge in [-0.3, -0.25) is 4.21 Å². The van der Waals surface area contributed by atoms with Crippen molar-refractivity contribution in [1.82, 2.24) is 4.72 Å². The Morgan fingerprint density at radius 3 is 2.14 bits per heavy atom. The van der Waals surface area contributed by atoms with Crippen molar-refractivity contribution in [2.45, 2.75) is 42.7 Å². The number of nitrogens with one attached hydrogen (secondary N) is 2. The molecule has 0 spiro atoms. The summed E-state index contributed by atoms with van der Waals surface area (Å²) < 4.78 is 38.1. The van der Waals surface area contributed by atoms with Crippen LogP contribution in [0.4, 0.5) is 5.69 Å². The molecule has 0 radical (unpaired) electrons. The Bertz CT molecular complexity index is 614. The highest BCUT2D eigenvalue weighted by Crippen LogP contribution is 2.23. The molecule has 116 valence electrons. The van der Waals surface area contributed by atoms with Crippen LogP contribution in [0.2, 0.25) is 0 Å². The van der Waals surface area contributed by atoms with Crippen molar-refractivity contribution < 1.29 is 12.6 Å². The van der Waals surface area contributed by atoms with E-state index in [2.05, 4.69) is 10.0 Å². The molecule has 1 aliphatic carbocycles. The predicted molar refractivity (Wildman–Crippen MR) is 84.3 cm³/mol. The van der Waals surface area contributed by atoms with Gasteiger partial charge < -0.3 is 5.32 Å². The molecule has 2 fully saturated rings. The molecule has 0 aromatic heterocycles. The van der Waals surface area contributed by atoms with Gasteiger partial charge in [0.2, 0.25) is 10.0 Å². The van der Waals surface area contributed by atoms with Crippen LogP contribution in [0.3, 0.4) is 0 Å². The SMILES string of the molecule is O=S1CCC(Nc2ccc(S(=O)(=O)NC3CC3)cc2)CC1. The summed E-state index contributed by atoms with van der Waals surface area (Å²) in [5, 5.41) is 3.38. The maximum atomic E-state index is 12.1. The van der Waals surface area contributed by atoms with E-state index in [0.717, 1.165) is 42.9 Å². The van der Waals surface area contributed by atoms with Gasteiger partial charge in [0, 0.05) is 40.1 Å². The van der Waals surface area contributed by atoms with E-state index in [-0.39, 0.29) is 6.04 Å². The number of rotatable bonds is 5. The lowest BCUT2D eigenvalue weighted by molar-refractivity contribution is 0.581. The first-order chi connectivity index (χ1) is 10.0. The van der Waals surface area contributed by atoms with E-state index in [4.69, 9.17) is 0 Å². The molecule has 5 nitrogen and oxygen atoms in total. The first kappa shape index (κ1) is 15.0. The highest BCUT2D eigenvalue weighted by atomic mass is 32.2. The molecule has 1 saturated carbocycles. The smallest absolute Gasteiger partial charge is 0.240 e. The molecule has 3 rings (SSSR count). The van der Waals surface area contributed by atoms with Crippen LogP contribution < -0.4 is 10.0 Å². The van der Waals surface area contributed by atoms with Crippen LogP contribution in [0.1, 0.15) is 25.7 Å². The average molecular weight is 328 g/mol. The molecule has 7 heteroatoms. The van der Waals surface area contributed by atoms with Gasteiger partial charge in [-0.15, -0.1) is 0 Å². The van der Waals surface area contributed by atoms with Crippen molar-refractivity contribution in [1.29, 1.82) is 0 Å². The maximum Gasteiger partial charge on any atom is 0.240 e. The van der Waals surface area contributed by atoms with E-state index in [0.29, 0.717) is 10.9 Å². The molecule has 1 aromatic carbocycles. The molecule has 0 unspecified atom stereocenters. The Hall–Kier alpha value is -0.920. The average Bonchev–Trinajstić information content (AvgIpc) is 3.25. The molecule has 1 aliphatic heterocycles. The Morgan fingerprint density at radius 2 is 1.57 bits per heavy atom. The number of sulfonamides is 1. The van der Waals surface area contributed by atoms with E-state index < -0.39 is 20.8 Å². The van der Waals surface area contributed by atoms with Crippen molar-refractivity contribution in [3.05, 3.63) is 24.3 Å². The highest BCUT2D eigenvalue weighted by molar-refractivity contribution is 7.89. The molecule has 0 bridgehead atoms. The fourth-order valence-corrected chi connectivity index (χ4v) is 5.00. The standard InChI is InChI=1S/C14H20N2O3S2/c17-20-9-7-12(8-10-20)15-11-3-5-14(6-4-11)21(18,19)16-13-1-2-13/h3-6,12-13,15-16H,1-2,7-10H2. The second-order valence-corrected chi connectivity index (χ2v) is 9.10. The minimum atomic E-state index is -3.37. The van der Waals surface area contributed by atoms with E-state index >= 15 is 0 Å². The Morgan fingerprint density at radius 1 is 0.952 bits per heavy atom. The second kappa shape index (κ2) is 6.06. The van der Waals surface area contributed by atoms with E-state index in [1.807, 2.05) is 0 Å². The quantitative estimate of drug-likeness (QED) is 0.858. The van der Waals surface area contributed by atoms with Gasteiger partial charge in [0.1, 0.15) is 0 Å². The molecular weight excluding hydrogens is 308 g/mol. The molecule has 1 saturated heterocycles. The highest BCUT2D eigenvalue weighted by Gasteiger charge is 2.27. The third-order valence-electron chi connectivity index (χ3n) is 3.82. The van der Waals surface area contributed by atoms with Crippen LogP contribution in [-0.2, 0) is 20.8 Å². The Kier molecular flexibility index (Phi) is 4.33. The van der Waals surface area contributed by atoms with Gasteiger partial charge in [-0.2, -0.15) is 0 Å². The summed E-state index contributed by atoms with van der Waals surface area (Å²) in [6.45, 7) is 0. The summed E-state index contributed by atoms with van der Waals surface area (Å²) in [7, 11) is -4.03. The van der Waals surface area contributed by atoms with Crippen LogP contribution >= 0.6 is 0 Å². The molecule has 0 atom stereocenters. The largest absolute Gasteiger partial charge is 0.382 e. The van der Waals surface area contributed by atoms with E-state index in [9.17, 15) is 12.6 Å². The van der Waals surface area contributed by atoms with Crippen molar-refractivity contribution in [2.24, 2.45) is 0 Å². The minimum absolute atomic E-state index is 0.121. The maximum absolute atomic E-state index is 12.1. The van der Waals surface area contributed by atoms with Gasteiger partial charge in [0.15, 0.2) is 0 Å². The fraction of sp³-hybridized carbons (Fsp3) is 0.571. The van der Waals surface area contributed by atoms with Gasteiger partial charge in [0.25, 0.3) is 0 Å². The lowest BCUT2D eigenvalue weighted by atomic mass is 10.1. The van der Waals surface area contributed by atoms with Gasteiger partial charge in [-0.1, -0.05) is 0 Å². The molecule has 21 heavy (non-hydrogen) atoms. The monoisotopic (exact) mass is 328 g/mol. The third-order valence-corrected chi connectivity index (χ3v) is 6.74. The normalized spacial score (nSPS) is 26.5. The van der Waals surface area contributed by atoms with Crippen molar-refractivity contribution >= 4 is 26.5 Å². The molecular formula is C14H20N2O3S2. The summed E-state index contributed by atoms with van der Waals surface area (Å²) >= 11 is 0. The van der Waals surface area contributed by atoms with Crippen LogP contribution in [0.5, 0.6) is 0 Å². The molecule has 2 N–H and O–H groups in total. The Labute approximate surface area is 128 Å². The van der Waals surface area contributed by atoms with Gasteiger partial charge in [0.05, 0.1) is 4.90 Å². The molecule has 0 amide bonds. The predicted octanol–water partition coefficient (Wildman–Crippen LogP) is 1.45. The van der Waals surface area contributed by atoms with Gasteiger partial charge in [-0.05, 0) is 49.9 Å². The summed E-state index contributed by atoms with van der Waals surface area (Å²) in [5.74, 6) is 1.49. The second-order valence-electron chi connectivity index (χ2n) is 5.69. The molecule has 1 heterocycles. The summed E-state index contributed by atoms with van der Waals surface area (Å²) in [6.07, 6.45) is 3.66.